The zero-order valence-electron chi connectivity index (χ0n) is 13.1. The monoisotopic (exact) mass is 293 g/mol. The normalized spacial score (nSPS) is 10.7. The van der Waals surface area contributed by atoms with Gasteiger partial charge in [-0.2, -0.15) is 0 Å². The average Bonchev–Trinajstić information content (AvgIpc) is 2.87. The van der Waals surface area contributed by atoms with Crippen molar-refractivity contribution in [3.63, 3.8) is 0 Å². The molecule has 0 saturated heterocycles. The lowest BCUT2D eigenvalue weighted by Gasteiger charge is -2.09. The van der Waals surface area contributed by atoms with Crippen LogP contribution >= 0.6 is 0 Å². The fourth-order valence-corrected chi connectivity index (χ4v) is 2.75. The van der Waals surface area contributed by atoms with E-state index in [0.29, 0.717) is 0 Å². The molecule has 3 rings (SSSR count). The van der Waals surface area contributed by atoms with E-state index >= 15 is 0 Å². The third kappa shape index (κ3) is 2.89. The van der Waals surface area contributed by atoms with Crippen LogP contribution in [0.4, 0.5) is 0 Å². The first-order valence-electron chi connectivity index (χ1n) is 7.32. The Balaban J connectivity index is 2.03. The highest BCUT2D eigenvalue weighted by Gasteiger charge is 2.13. The molecule has 3 aromatic rings. The van der Waals surface area contributed by atoms with Crippen LogP contribution < -0.4 is 4.74 Å². The van der Waals surface area contributed by atoms with E-state index in [2.05, 4.69) is 41.6 Å². The molecule has 1 heterocycles. The number of methoxy groups -OCH3 is 1. The first kappa shape index (κ1) is 14.4. The van der Waals surface area contributed by atoms with Crippen molar-refractivity contribution in [3.8, 4) is 16.9 Å². The van der Waals surface area contributed by atoms with Gasteiger partial charge >= 0.3 is 0 Å². The lowest BCUT2D eigenvalue weighted by Crippen LogP contribution is -1.93. The second kappa shape index (κ2) is 6.06. The molecule has 0 spiro atoms. The van der Waals surface area contributed by atoms with E-state index in [9.17, 15) is 0 Å². The minimum Gasteiger partial charge on any atom is -0.497 e. The van der Waals surface area contributed by atoms with Gasteiger partial charge in [-0.15, -0.1) is 0 Å². The number of hydrogen-bond acceptors (Lipinski definition) is 3. The van der Waals surface area contributed by atoms with Gasteiger partial charge < -0.3 is 9.26 Å². The van der Waals surface area contributed by atoms with Gasteiger partial charge in [0.15, 0.2) is 0 Å². The molecule has 3 nitrogen and oxygen atoms in total. The molecule has 22 heavy (non-hydrogen) atoms. The number of nitrogens with zero attached hydrogens (tertiary/aromatic N) is 1. The van der Waals surface area contributed by atoms with E-state index in [-0.39, 0.29) is 0 Å². The number of ether oxygens (including phenoxy) is 1. The minimum atomic E-state index is 0.830. The Morgan fingerprint density at radius 2 is 1.77 bits per heavy atom. The maximum Gasteiger partial charge on any atom is 0.141 e. The van der Waals surface area contributed by atoms with Gasteiger partial charge in [0.2, 0.25) is 0 Å². The molecule has 0 radical (unpaired) electrons. The molecule has 0 saturated carbocycles. The summed E-state index contributed by atoms with van der Waals surface area (Å²) in [6.07, 6.45) is 0.869. The average molecular weight is 293 g/mol. The third-order valence-corrected chi connectivity index (χ3v) is 3.78. The van der Waals surface area contributed by atoms with Gasteiger partial charge in [0.05, 0.1) is 12.8 Å². The van der Waals surface area contributed by atoms with Gasteiger partial charge in [-0.05, 0) is 49.1 Å². The molecule has 0 amide bonds. The molecule has 2 aromatic carbocycles. The third-order valence-electron chi connectivity index (χ3n) is 3.78. The van der Waals surface area contributed by atoms with Crippen molar-refractivity contribution in [2.45, 2.75) is 20.3 Å². The summed E-state index contributed by atoms with van der Waals surface area (Å²) in [4.78, 5) is 0. The smallest absolute Gasteiger partial charge is 0.141 e. The number of aromatic nitrogens is 1. The van der Waals surface area contributed by atoms with Gasteiger partial charge in [0, 0.05) is 5.56 Å². The summed E-state index contributed by atoms with van der Waals surface area (Å²) in [5, 5.41) is 4.05. The lowest BCUT2D eigenvalue weighted by molar-refractivity contribution is 0.393. The van der Waals surface area contributed by atoms with Crippen molar-refractivity contribution in [1.29, 1.82) is 0 Å². The zero-order chi connectivity index (χ0) is 15.5. The number of aryl methyl sites for hydroxylation is 2. The van der Waals surface area contributed by atoms with Crippen molar-refractivity contribution in [2.75, 3.05) is 7.11 Å². The first-order valence-corrected chi connectivity index (χ1v) is 7.32. The fourth-order valence-electron chi connectivity index (χ4n) is 2.75. The van der Waals surface area contributed by atoms with E-state index in [0.717, 1.165) is 34.8 Å². The predicted molar refractivity (Wildman–Crippen MR) is 87.2 cm³/mol. The van der Waals surface area contributed by atoms with E-state index in [1.54, 1.807) is 7.11 Å². The highest BCUT2D eigenvalue weighted by atomic mass is 16.5. The molecule has 0 atom stereocenters. The van der Waals surface area contributed by atoms with Gasteiger partial charge in [-0.1, -0.05) is 41.6 Å². The van der Waals surface area contributed by atoms with Crippen LogP contribution in [0.15, 0.2) is 53.1 Å². The summed E-state index contributed by atoms with van der Waals surface area (Å²) >= 11 is 0. The number of hydrogen-bond donors (Lipinski definition) is 0. The summed E-state index contributed by atoms with van der Waals surface area (Å²) in [7, 11) is 1.69. The molecule has 112 valence electrons. The largest absolute Gasteiger partial charge is 0.497 e. The Bertz CT molecular complexity index is 756. The lowest BCUT2D eigenvalue weighted by atomic mass is 9.98. The van der Waals surface area contributed by atoms with Crippen molar-refractivity contribution in [1.82, 2.24) is 5.16 Å². The zero-order valence-corrected chi connectivity index (χ0v) is 13.1. The van der Waals surface area contributed by atoms with E-state index in [1.807, 2.05) is 26.0 Å². The van der Waals surface area contributed by atoms with E-state index in [1.165, 1.54) is 11.1 Å². The van der Waals surface area contributed by atoms with Gasteiger partial charge in [-0.3, -0.25) is 0 Å². The summed E-state index contributed by atoms with van der Waals surface area (Å²) in [6, 6.07) is 16.7. The van der Waals surface area contributed by atoms with Crippen molar-refractivity contribution < 1.29 is 9.26 Å². The topological polar surface area (TPSA) is 35.3 Å². The van der Waals surface area contributed by atoms with Crippen molar-refractivity contribution >= 4 is 0 Å². The molecular formula is C19H19NO2. The van der Waals surface area contributed by atoms with Crippen molar-refractivity contribution in [2.24, 2.45) is 0 Å². The summed E-state index contributed by atoms with van der Waals surface area (Å²) in [5.74, 6) is 1.68. The second-order valence-electron chi connectivity index (χ2n) is 5.43. The Kier molecular flexibility index (Phi) is 3.96. The van der Waals surface area contributed by atoms with Crippen LogP contribution in [-0.2, 0) is 6.42 Å². The molecular weight excluding hydrogens is 274 g/mol. The Morgan fingerprint density at radius 3 is 2.41 bits per heavy atom. The summed E-state index contributed by atoms with van der Waals surface area (Å²) < 4.78 is 10.8. The number of benzene rings is 2. The molecule has 0 N–H and O–H groups in total. The quantitative estimate of drug-likeness (QED) is 0.707. The van der Waals surface area contributed by atoms with Gasteiger partial charge in [0.25, 0.3) is 0 Å². The molecule has 0 aliphatic rings. The number of rotatable bonds is 4. The van der Waals surface area contributed by atoms with Crippen LogP contribution in [-0.4, -0.2) is 12.3 Å². The predicted octanol–water partition coefficient (Wildman–Crippen LogP) is 4.56. The van der Waals surface area contributed by atoms with Crippen LogP contribution in [0.5, 0.6) is 5.75 Å². The Hall–Kier alpha value is -2.55. The van der Waals surface area contributed by atoms with E-state index < -0.39 is 0 Å². The summed E-state index contributed by atoms with van der Waals surface area (Å²) in [5.41, 5.74) is 5.52. The van der Waals surface area contributed by atoms with Crippen LogP contribution in [0.25, 0.3) is 11.1 Å². The molecule has 0 aliphatic heterocycles. The van der Waals surface area contributed by atoms with E-state index in [4.69, 9.17) is 9.26 Å². The van der Waals surface area contributed by atoms with Crippen LogP contribution in [0.2, 0.25) is 0 Å². The highest BCUT2D eigenvalue weighted by Crippen LogP contribution is 2.31. The van der Waals surface area contributed by atoms with Gasteiger partial charge in [0.1, 0.15) is 11.5 Å². The second-order valence-corrected chi connectivity index (χ2v) is 5.43. The van der Waals surface area contributed by atoms with Crippen molar-refractivity contribution in [3.05, 3.63) is 71.1 Å². The van der Waals surface area contributed by atoms with Gasteiger partial charge in [-0.25, -0.2) is 0 Å². The molecule has 0 bridgehead atoms. The molecule has 3 heteroatoms. The molecule has 0 aliphatic carbocycles. The molecule has 1 aromatic heterocycles. The Morgan fingerprint density at radius 1 is 1.00 bits per heavy atom. The fraction of sp³-hybridized carbons (Fsp3) is 0.211. The maximum atomic E-state index is 5.46. The maximum absolute atomic E-state index is 5.46. The highest BCUT2D eigenvalue weighted by molar-refractivity contribution is 5.70. The SMILES string of the molecule is COc1cc(Cc2ccccc2)cc(-c2c(C)noc2C)c1. The molecule has 0 unspecified atom stereocenters. The minimum absolute atomic E-state index is 0.830. The van der Waals surface area contributed by atoms with Crippen LogP contribution in [0.1, 0.15) is 22.6 Å². The Labute approximate surface area is 130 Å². The van der Waals surface area contributed by atoms with Crippen LogP contribution in [0, 0.1) is 13.8 Å². The standard InChI is InChI=1S/C19H19NO2/c1-13-19(14(2)22-20-13)17-10-16(11-18(12-17)21-3)9-15-7-5-4-6-8-15/h4-8,10-12H,9H2,1-3H3. The van der Waals surface area contributed by atoms with Crippen LogP contribution in [0.3, 0.4) is 0 Å². The summed E-state index contributed by atoms with van der Waals surface area (Å²) in [6.45, 7) is 3.90. The molecule has 0 fully saturated rings. The first-order chi connectivity index (χ1) is 10.7.